The number of imide groups is 1. The Morgan fingerprint density at radius 2 is 1.74 bits per heavy atom. The lowest BCUT2D eigenvalue weighted by Gasteiger charge is -2.12. The van der Waals surface area contributed by atoms with Crippen molar-refractivity contribution in [2.45, 2.75) is 32.6 Å². The molecule has 1 aromatic carbocycles. The van der Waals surface area contributed by atoms with Crippen molar-refractivity contribution in [1.29, 1.82) is 0 Å². The van der Waals surface area contributed by atoms with Gasteiger partial charge in [-0.1, -0.05) is 36.4 Å². The number of ketones is 1. The molecule has 2 amide bonds. The standard InChI is InChI=1S/C19H21NO3/c1-14(11-12-15(2)21)8-4-3-7-13-20-18(22)16-9-5-6-10-17(16)19(20)23/h4-6,8-10H,1,3,7,11-13H2,2H3/b8-4+. The largest absolute Gasteiger partial charge is 0.300 e. The lowest BCUT2D eigenvalue weighted by Crippen LogP contribution is -2.30. The van der Waals surface area contributed by atoms with Crippen molar-refractivity contribution in [3.05, 3.63) is 59.7 Å². The number of nitrogens with zero attached hydrogens (tertiary/aromatic N) is 1. The van der Waals surface area contributed by atoms with Gasteiger partial charge in [-0.05, 0) is 38.3 Å². The molecular formula is C19H21NO3. The summed E-state index contributed by atoms with van der Waals surface area (Å²) in [5, 5.41) is 0. The number of amides is 2. The van der Waals surface area contributed by atoms with Crippen molar-refractivity contribution in [2.75, 3.05) is 6.54 Å². The predicted octanol–water partition coefficient (Wildman–Crippen LogP) is 3.54. The van der Waals surface area contributed by atoms with Gasteiger partial charge in [-0.2, -0.15) is 0 Å². The highest BCUT2D eigenvalue weighted by Crippen LogP contribution is 2.22. The molecule has 0 N–H and O–H groups in total. The molecule has 4 heteroatoms. The lowest BCUT2D eigenvalue weighted by molar-refractivity contribution is -0.116. The van der Waals surface area contributed by atoms with Gasteiger partial charge in [0.15, 0.2) is 0 Å². The predicted molar refractivity (Wildman–Crippen MR) is 89.2 cm³/mol. The number of hydrogen-bond donors (Lipinski definition) is 0. The summed E-state index contributed by atoms with van der Waals surface area (Å²) in [7, 11) is 0. The van der Waals surface area contributed by atoms with E-state index >= 15 is 0 Å². The van der Waals surface area contributed by atoms with Crippen LogP contribution in [0.5, 0.6) is 0 Å². The molecule has 4 nitrogen and oxygen atoms in total. The molecule has 1 aliphatic heterocycles. The van der Waals surface area contributed by atoms with Crippen LogP contribution in [0.1, 0.15) is 53.3 Å². The summed E-state index contributed by atoms with van der Waals surface area (Å²) >= 11 is 0. The Kier molecular flexibility index (Phi) is 5.63. The molecule has 23 heavy (non-hydrogen) atoms. The summed E-state index contributed by atoms with van der Waals surface area (Å²) in [5.74, 6) is -0.258. The van der Waals surface area contributed by atoms with E-state index in [4.69, 9.17) is 0 Å². The van der Waals surface area contributed by atoms with Gasteiger partial charge in [0, 0.05) is 13.0 Å². The van der Waals surface area contributed by atoms with E-state index in [1.165, 1.54) is 4.90 Å². The van der Waals surface area contributed by atoms with Crippen LogP contribution >= 0.6 is 0 Å². The minimum Gasteiger partial charge on any atom is -0.300 e. The van der Waals surface area contributed by atoms with Gasteiger partial charge in [0.2, 0.25) is 0 Å². The Hall–Kier alpha value is -2.49. The second kappa shape index (κ2) is 7.68. The summed E-state index contributed by atoms with van der Waals surface area (Å²) in [6.07, 6.45) is 6.53. The average molecular weight is 311 g/mol. The van der Waals surface area contributed by atoms with Crippen molar-refractivity contribution < 1.29 is 14.4 Å². The van der Waals surface area contributed by atoms with Crippen molar-refractivity contribution in [1.82, 2.24) is 4.90 Å². The first kappa shape index (κ1) is 16.9. The molecule has 0 atom stereocenters. The van der Waals surface area contributed by atoms with Crippen LogP contribution in [0.25, 0.3) is 0 Å². The zero-order chi connectivity index (χ0) is 16.8. The van der Waals surface area contributed by atoms with Crippen LogP contribution in [0.15, 0.2) is 48.6 Å². The first-order chi connectivity index (χ1) is 11.0. The Bertz CT molecular complexity index is 638. The SMILES string of the molecule is C=C(/C=C/CCCN1C(=O)c2ccccc2C1=O)CCC(C)=O. The summed E-state index contributed by atoms with van der Waals surface area (Å²) in [6.45, 7) is 5.88. The van der Waals surface area contributed by atoms with Crippen LogP contribution in [-0.2, 0) is 4.79 Å². The van der Waals surface area contributed by atoms with E-state index in [1.54, 1.807) is 31.2 Å². The maximum atomic E-state index is 12.2. The van der Waals surface area contributed by atoms with Gasteiger partial charge in [0.1, 0.15) is 5.78 Å². The molecule has 0 saturated heterocycles. The van der Waals surface area contributed by atoms with Crippen LogP contribution < -0.4 is 0 Å². The minimum absolute atomic E-state index is 0.158. The van der Waals surface area contributed by atoms with Gasteiger partial charge < -0.3 is 4.79 Å². The number of hydrogen-bond acceptors (Lipinski definition) is 3. The fourth-order valence-corrected chi connectivity index (χ4v) is 2.48. The third kappa shape index (κ3) is 4.25. The second-order valence-electron chi connectivity index (χ2n) is 5.71. The zero-order valence-electron chi connectivity index (χ0n) is 13.4. The highest BCUT2D eigenvalue weighted by atomic mass is 16.2. The van der Waals surface area contributed by atoms with Crippen LogP contribution in [0, 0.1) is 0 Å². The number of fused-ring (bicyclic) bond motifs is 1. The third-order valence-corrected chi connectivity index (χ3v) is 3.78. The lowest BCUT2D eigenvalue weighted by atomic mass is 10.1. The number of allylic oxidation sites excluding steroid dienone is 3. The first-order valence-corrected chi connectivity index (χ1v) is 7.79. The van der Waals surface area contributed by atoms with Crippen LogP contribution in [0.4, 0.5) is 0 Å². The Morgan fingerprint density at radius 3 is 2.30 bits per heavy atom. The van der Waals surface area contributed by atoms with Crippen LogP contribution in [0.2, 0.25) is 0 Å². The van der Waals surface area contributed by atoms with E-state index in [9.17, 15) is 14.4 Å². The molecule has 1 heterocycles. The van der Waals surface area contributed by atoms with Gasteiger partial charge in [0.25, 0.3) is 11.8 Å². The number of carbonyl (C=O) groups excluding carboxylic acids is 3. The van der Waals surface area contributed by atoms with Gasteiger partial charge in [-0.25, -0.2) is 0 Å². The summed E-state index contributed by atoms with van der Waals surface area (Å²) in [5.41, 5.74) is 1.90. The molecule has 0 bridgehead atoms. The van der Waals surface area contributed by atoms with E-state index < -0.39 is 0 Å². The van der Waals surface area contributed by atoms with Crippen molar-refractivity contribution in [2.24, 2.45) is 0 Å². The van der Waals surface area contributed by atoms with Gasteiger partial charge in [-0.15, -0.1) is 0 Å². The molecule has 0 radical (unpaired) electrons. The van der Waals surface area contributed by atoms with E-state index in [-0.39, 0.29) is 17.6 Å². The molecule has 1 aromatic rings. The fraction of sp³-hybridized carbons (Fsp3) is 0.316. The van der Waals surface area contributed by atoms with E-state index in [0.717, 1.165) is 12.0 Å². The van der Waals surface area contributed by atoms with Crippen LogP contribution in [0.3, 0.4) is 0 Å². The highest BCUT2D eigenvalue weighted by molar-refractivity contribution is 6.21. The van der Waals surface area contributed by atoms with Gasteiger partial charge in [0.05, 0.1) is 11.1 Å². The minimum atomic E-state index is -0.208. The fourth-order valence-electron chi connectivity index (χ4n) is 2.48. The topological polar surface area (TPSA) is 54.5 Å². The highest BCUT2D eigenvalue weighted by Gasteiger charge is 2.34. The second-order valence-corrected chi connectivity index (χ2v) is 5.71. The molecule has 0 spiro atoms. The summed E-state index contributed by atoms with van der Waals surface area (Å²) in [6, 6.07) is 6.91. The van der Waals surface area contributed by atoms with Crippen molar-refractivity contribution >= 4 is 17.6 Å². The van der Waals surface area contributed by atoms with E-state index in [0.29, 0.717) is 36.9 Å². The zero-order valence-corrected chi connectivity index (χ0v) is 13.4. The molecule has 1 aliphatic rings. The normalized spacial score (nSPS) is 13.7. The Morgan fingerprint density at radius 1 is 1.13 bits per heavy atom. The van der Waals surface area contributed by atoms with E-state index in [1.807, 2.05) is 12.2 Å². The molecule has 2 rings (SSSR count). The Labute approximate surface area is 136 Å². The number of benzene rings is 1. The monoisotopic (exact) mass is 311 g/mol. The Balaban J connectivity index is 1.78. The molecule has 0 saturated carbocycles. The smallest absolute Gasteiger partial charge is 0.261 e. The molecule has 0 fully saturated rings. The number of unbranched alkanes of at least 4 members (excludes halogenated alkanes) is 1. The number of Topliss-reactive ketones (excluding diaryl/α,β-unsaturated/α-hetero) is 1. The number of carbonyl (C=O) groups is 3. The molecule has 120 valence electrons. The summed E-state index contributed by atoms with van der Waals surface area (Å²) < 4.78 is 0. The van der Waals surface area contributed by atoms with Gasteiger partial charge >= 0.3 is 0 Å². The first-order valence-electron chi connectivity index (χ1n) is 7.79. The van der Waals surface area contributed by atoms with Crippen molar-refractivity contribution in [3.8, 4) is 0 Å². The van der Waals surface area contributed by atoms with Crippen LogP contribution in [-0.4, -0.2) is 29.0 Å². The maximum Gasteiger partial charge on any atom is 0.261 e. The van der Waals surface area contributed by atoms with E-state index in [2.05, 4.69) is 6.58 Å². The number of rotatable bonds is 8. The average Bonchev–Trinajstić information content (AvgIpc) is 2.77. The molecule has 0 unspecified atom stereocenters. The molecular weight excluding hydrogens is 290 g/mol. The molecule has 0 aromatic heterocycles. The summed E-state index contributed by atoms with van der Waals surface area (Å²) in [4.78, 5) is 36.5. The van der Waals surface area contributed by atoms with Crippen molar-refractivity contribution in [3.63, 3.8) is 0 Å². The maximum absolute atomic E-state index is 12.2. The quantitative estimate of drug-likeness (QED) is 0.419. The third-order valence-electron chi connectivity index (χ3n) is 3.78. The van der Waals surface area contributed by atoms with Gasteiger partial charge in [-0.3, -0.25) is 14.5 Å². The molecule has 0 aliphatic carbocycles.